The zero-order valence-corrected chi connectivity index (χ0v) is 18.4. The SMILES string of the molecule is COc1cccc(N2C(=NC(=O)CCCc3ccccc3)S[C@H]3CS(=O)(=O)C[C@H]32)c1. The van der Waals surface area contributed by atoms with Crippen molar-refractivity contribution in [1.29, 1.82) is 0 Å². The van der Waals surface area contributed by atoms with Crippen molar-refractivity contribution in [1.82, 2.24) is 0 Å². The minimum atomic E-state index is -3.09. The number of rotatable bonds is 6. The zero-order valence-electron chi connectivity index (χ0n) is 16.7. The van der Waals surface area contributed by atoms with Crippen LogP contribution in [0, 0.1) is 0 Å². The molecule has 0 bridgehead atoms. The van der Waals surface area contributed by atoms with Crippen LogP contribution < -0.4 is 9.64 Å². The number of sulfone groups is 1. The summed E-state index contributed by atoms with van der Waals surface area (Å²) in [5.41, 5.74) is 1.99. The first-order valence-corrected chi connectivity index (χ1v) is 12.6. The van der Waals surface area contributed by atoms with Crippen molar-refractivity contribution in [3.63, 3.8) is 0 Å². The number of benzene rings is 2. The van der Waals surface area contributed by atoms with Gasteiger partial charge in [-0.05, 0) is 30.5 Å². The second kappa shape index (κ2) is 8.81. The maximum Gasteiger partial charge on any atom is 0.248 e. The molecule has 0 saturated carbocycles. The van der Waals surface area contributed by atoms with Gasteiger partial charge in [0.15, 0.2) is 15.0 Å². The molecule has 1 amide bonds. The summed E-state index contributed by atoms with van der Waals surface area (Å²) in [6.07, 6.45) is 1.91. The molecular formula is C22H24N2O4S2. The Morgan fingerprint density at radius 2 is 1.97 bits per heavy atom. The Labute approximate surface area is 181 Å². The molecule has 30 heavy (non-hydrogen) atoms. The number of carbonyl (C=O) groups excluding carboxylic acids is 1. The lowest BCUT2D eigenvalue weighted by Gasteiger charge is -2.24. The summed E-state index contributed by atoms with van der Waals surface area (Å²) in [7, 11) is -1.50. The Morgan fingerprint density at radius 3 is 2.73 bits per heavy atom. The molecule has 0 aliphatic carbocycles. The number of thioether (sulfide) groups is 1. The molecule has 158 valence electrons. The van der Waals surface area contributed by atoms with E-state index in [1.165, 1.54) is 17.3 Å². The van der Waals surface area contributed by atoms with Crippen molar-refractivity contribution in [2.75, 3.05) is 23.5 Å². The molecule has 2 aromatic carbocycles. The highest BCUT2D eigenvalue weighted by atomic mass is 32.2. The van der Waals surface area contributed by atoms with E-state index in [1.54, 1.807) is 7.11 Å². The molecule has 2 aromatic rings. The van der Waals surface area contributed by atoms with Crippen LogP contribution in [-0.4, -0.2) is 49.4 Å². The van der Waals surface area contributed by atoms with Crippen LogP contribution in [-0.2, 0) is 21.1 Å². The maximum absolute atomic E-state index is 12.6. The topological polar surface area (TPSA) is 76.0 Å². The van der Waals surface area contributed by atoms with Crippen molar-refractivity contribution in [2.45, 2.75) is 30.6 Å². The first-order chi connectivity index (χ1) is 14.4. The lowest BCUT2D eigenvalue weighted by atomic mass is 10.1. The van der Waals surface area contributed by atoms with E-state index in [1.807, 2.05) is 47.4 Å². The Balaban J connectivity index is 1.52. The monoisotopic (exact) mass is 444 g/mol. The van der Waals surface area contributed by atoms with E-state index in [0.717, 1.165) is 18.5 Å². The summed E-state index contributed by atoms with van der Waals surface area (Å²) in [6, 6.07) is 17.3. The summed E-state index contributed by atoms with van der Waals surface area (Å²) < 4.78 is 29.7. The first kappa shape index (κ1) is 20.9. The van der Waals surface area contributed by atoms with E-state index >= 15 is 0 Å². The summed E-state index contributed by atoms with van der Waals surface area (Å²) >= 11 is 1.39. The average molecular weight is 445 g/mol. The van der Waals surface area contributed by atoms with Gasteiger partial charge in [-0.2, -0.15) is 4.99 Å². The molecule has 2 atom stereocenters. The number of anilines is 1. The van der Waals surface area contributed by atoms with Crippen LogP contribution in [0.3, 0.4) is 0 Å². The van der Waals surface area contributed by atoms with E-state index in [-0.39, 0.29) is 28.7 Å². The number of nitrogens with zero attached hydrogens (tertiary/aromatic N) is 2. The minimum absolute atomic E-state index is 0.0725. The standard InChI is InChI=1S/C22H24N2O4S2/c1-28-18-11-6-10-17(13-18)24-19-14-30(26,27)15-20(19)29-22(24)23-21(25)12-5-9-16-7-3-2-4-8-16/h2-4,6-8,10-11,13,19-20H,5,9,12,14-15H2,1H3/t19-,20+/m1/s1. The fourth-order valence-electron chi connectivity index (χ4n) is 3.88. The fourth-order valence-corrected chi connectivity index (χ4v) is 7.81. The fraction of sp³-hybridized carbons (Fsp3) is 0.364. The smallest absolute Gasteiger partial charge is 0.248 e. The largest absolute Gasteiger partial charge is 0.497 e. The Kier molecular flexibility index (Phi) is 6.15. The second-order valence-electron chi connectivity index (χ2n) is 7.50. The molecule has 2 saturated heterocycles. The summed E-state index contributed by atoms with van der Waals surface area (Å²) in [5, 5.41) is 0.468. The molecule has 0 aromatic heterocycles. The van der Waals surface area contributed by atoms with Gasteiger partial charge in [0, 0.05) is 23.4 Å². The van der Waals surface area contributed by atoms with Crippen LogP contribution in [0.15, 0.2) is 59.6 Å². The Morgan fingerprint density at radius 1 is 1.17 bits per heavy atom. The third kappa shape index (κ3) is 4.70. The lowest BCUT2D eigenvalue weighted by Crippen LogP contribution is -2.37. The number of aryl methyl sites for hydroxylation is 1. The van der Waals surface area contributed by atoms with Gasteiger partial charge in [-0.25, -0.2) is 8.42 Å². The van der Waals surface area contributed by atoms with Gasteiger partial charge in [-0.3, -0.25) is 4.79 Å². The second-order valence-corrected chi connectivity index (χ2v) is 10.9. The molecule has 0 unspecified atom stereocenters. The predicted octanol–water partition coefficient (Wildman–Crippen LogP) is 3.32. The third-order valence-electron chi connectivity index (χ3n) is 5.32. The van der Waals surface area contributed by atoms with Crippen LogP contribution in [0.5, 0.6) is 5.75 Å². The number of aliphatic imine (C=N–C) groups is 1. The summed E-state index contributed by atoms with van der Waals surface area (Å²) in [6.45, 7) is 0. The molecule has 0 N–H and O–H groups in total. The van der Waals surface area contributed by atoms with Gasteiger partial charge in [0.1, 0.15) is 5.75 Å². The number of amides is 1. The van der Waals surface area contributed by atoms with E-state index in [0.29, 0.717) is 17.3 Å². The van der Waals surface area contributed by atoms with E-state index in [2.05, 4.69) is 17.1 Å². The van der Waals surface area contributed by atoms with Crippen LogP contribution in [0.2, 0.25) is 0 Å². The normalized spacial score (nSPS) is 23.5. The number of hydrogen-bond acceptors (Lipinski definition) is 5. The van der Waals surface area contributed by atoms with Gasteiger partial charge >= 0.3 is 0 Å². The number of amidine groups is 1. The van der Waals surface area contributed by atoms with E-state index in [4.69, 9.17) is 4.74 Å². The van der Waals surface area contributed by atoms with Crippen LogP contribution in [0.4, 0.5) is 5.69 Å². The van der Waals surface area contributed by atoms with Crippen molar-refractivity contribution in [3.8, 4) is 5.75 Å². The van der Waals surface area contributed by atoms with Crippen LogP contribution in [0.25, 0.3) is 0 Å². The van der Waals surface area contributed by atoms with Gasteiger partial charge in [-0.15, -0.1) is 0 Å². The van der Waals surface area contributed by atoms with Gasteiger partial charge in [-0.1, -0.05) is 48.2 Å². The van der Waals surface area contributed by atoms with Crippen molar-refractivity contribution >= 4 is 38.4 Å². The average Bonchev–Trinajstić information content (AvgIpc) is 3.19. The summed E-state index contributed by atoms with van der Waals surface area (Å²) in [4.78, 5) is 18.8. The molecule has 2 aliphatic heterocycles. The molecule has 8 heteroatoms. The molecule has 2 aliphatic rings. The van der Waals surface area contributed by atoms with Crippen molar-refractivity contribution in [3.05, 3.63) is 60.2 Å². The number of hydrogen-bond donors (Lipinski definition) is 0. The maximum atomic E-state index is 12.6. The zero-order chi connectivity index (χ0) is 21.1. The van der Waals surface area contributed by atoms with Gasteiger partial charge in [0.25, 0.3) is 0 Å². The molecule has 0 radical (unpaired) electrons. The number of methoxy groups -OCH3 is 1. The number of carbonyl (C=O) groups is 1. The van der Waals surface area contributed by atoms with Crippen molar-refractivity contribution in [2.24, 2.45) is 4.99 Å². The van der Waals surface area contributed by atoms with Gasteiger partial charge in [0.05, 0.1) is 24.7 Å². The Hall–Kier alpha value is -2.32. The highest BCUT2D eigenvalue weighted by molar-refractivity contribution is 8.16. The predicted molar refractivity (Wildman–Crippen MR) is 121 cm³/mol. The Bertz CT molecular complexity index is 1050. The van der Waals surface area contributed by atoms with E-state index in [9.17, 15) is 13.2 Å². The molecule has 2 heterocycles. The molecule has 4 rings (SSSR count). The first-order valence-electron chi connectivity index (χ1n) is 9.91. The van der Waals surface area contributed by atoms with Crippen molar-refractivity contribution < 1.29 is 17.9 Å². The number of ether oxygens (including phenoxy) is 1. The molecule has 0 spiro atoms. The van der Waals surface area contributed by atoms with E-state index < -0.39 is 9.84 Å². The highest BCUT2D eigenvalue weighted by Crippen LogP contribution is 2.41. The lowest BCUT2D eigenvalue weighted by molar-refractivity contribution is -0.117. The molecule has 2 fully saturated rings. The van der Waals surface area contributed by atoms with Gasteiger partial charge in [0.2, 0.25) is 5.91 Å². The molecular weight excluding hydrogens is 420 g/mol. The summed E-state index contributed by atoms with van der Waals surface area (Å²) in [5.74, 6) is 0.687. The minimum Gasteiger partial charge on any atom is -0.497 e. The number of fused-ring (bicyclic) bond motifs is 1. The third-order valence-corrected chi connectivity index (χ3v) is 8.53. The highest BCUT2D eigenvalue weighted by Gasteiger charge is 2.49. The van der Waals surface area contributed by atoms with Gasteiger partial charge < -0.3 is 9.64 Å². The van der Waals surface area contributed by atoms with Crippen LogP contribution >= 0.6 is 11.8 Å². The quantitative estimate of drug-likeness (QED) is 0.680. The molecule has 6 nitrogen and oxygen atoms in total. The van der Waals surface area contributed by atoms with Crippen LogP contribution in [0.1, 0.15) is 18.4 Å².